The number of anilines is 1. The van der Waals surface area contributed by atoms with Gasteiger partial charge in [0.1, 0.15) is 22.2 Å². The Bertz CT molecular complexity index is 1020. The van der Waals surface area contributed by atoms with Crippen LogP contribution >= 0.6 is 11.6 Å². The number of fused-ring (bicyclic) bond motifs is 1. The molecule has 3 N–H and O–H groups in total. The Hall–Kier alpha value is -2.81. The van der Waals surface area contributed by atoms with E-state index in [4.69, 9.17) is 26.8 Å². The molecule has 2 aromatic heterocycles. The molecule has 1 unspecified atom stereocenters. The number of hydrogen-bond acceptors (Lipinski definition) is 7. The predicted molar refractivity (Wildman–Crippen MR) is 123 cm³/mol. The van der Waals surface area contributed by atoms with Crippen molar-refractivity contribution in [2.75, 3.05) is 18.8 Å². The summed E-state index contributed by atoms with van der Waals surface area (Å²) in [6.07, 6.45) is 1.75. The number of likely N-dealkylation sites (tertiary alicyclic amines) is 1. The molecule has 0 radical (unpaired) electrons. The first-order valence-electron chi connectivity index (χ1n) is 10.5. The van der Waals surface area contributed by atoms with Crippen LogP contribution in [-0.4, -0.2) is 57.4 Å². The van der Waals surface area contributed by atoms with E-state index < -0.39 is 17.3 Å². The van der Waals surface area contributed by atoms with Crippen molar-refractivity contribution in [1.82, 2.24) is 20.2 Å². The van der Waals surface area contributed by atoms with E-state index in [1.807, 2.05) is 40.7 Å². The average molecular weight is 464 g/mol. The van der Waals surface area contributed by atoms with Crippen molar-refractivity contribution in [1.29, 1.82) is 0 Å². The third kappa shape index (κ3) is 6.35. The number of alkyl carbamates (subject to hydrolysis) is 1. The maximum absolute atomic E-state index is 12.5. The zero-order chi connectivity index (χ0) is 23.7. The molecule has 2 amide bonds. The molecule has 9 nitrogen and oxygen atoms in total. The molecule has 3 rings (SSSR count). The van der Waals surface area contributed by atoms with E-state index in [0.29, 0.717) is 42.3 Å². The van der Waals surface area contributed by atoms with Crippen LogP contribution in [-0.2, 0) is 15.9 Å². The number of carbonyl (C=O) groups excluding carboxylic acids is 2. The van der Waals surface area contributed by atoms with Crippen LogP contribution in [0.15, 0.2) is 18.3 Å². The van der Waals surface area contributed by atoms with Crippen LogP contribution in [0.5, 0.6) is 0 Å². The summed E-state index contributed by atoms with van der Waals surface area (Å²) in [4.78, 5) is 34.7. The summed E-state index contributed by atoms with van der Waals surface area (Å²) in [5.74, 6) is 0.318. The first kappa shape index (κ1) is 23.8. The summed E-state index contributed by atoms with van der Waals surface area (Å²) in [5, 5.41) is 4.68. The molecular formula is C22H30ClN5O4. The standard InChI is InChI=1S/C22H30ClN5O4/c1-21(2,3)32-20(30)28-7-6-14(12-28)26-19(29)31-22(4,5)10-15-8-13-9-17(23)27-18(24)16(13)11-25-15/h8-9,11,14H,6-7,10,12H2,1-5H3,(H2,24,27)(H,26,29). The Labute approximate surface area is 192 Å². The molecular weight excluding hydrogens is 434 g/mol. The molecule has 3 heterocycles. The van der Waals surface area contributed by atoms with Crippen LogP contribution in [0.3, 0.4) is 0 Å². The van der Waals surface area contributed by atoms with Crippen LogP contribution in [0.1, 0.15) is 46.7 Å². The van der Waals surface area contributed by atoms with Gasteiger partial charge in [0.05, 0.1) is 6.04 Å². The van der Waals surface area contributed by atoms with Crippen molar-refractivity contribution in [2.24, 2.45) is 0 Å². The van der Waals surface area contributed by atoms with Gasteiger partial charge >= 0.3 is 12.2 Å². The molecule has 1 fully saturated rings. The van der Waals surface area contributed by atoms with Gasteiger partial charge in [-0.15, -0.1) is 0 Å². The van der Waals surface area contributed by atoms with E-state index in [-0.39, 0.29) is 12.1 Å². The van der Waals surface area contributed by atoms with E-state index in [2.05, 4.69) is 15.3 Å². The maximum Gasteiger partial charge on any atom is 0.410 e. The number of carbonyl (C=O) groups is 2. The van der Waals surface area contributed by atoms with E-state index >= 15 is 0 Å². The highest BCUT2D eigenvalue weighted by Crippen LogP contribution is 2.25. The highest BCUT2D eigenvalue weighted by Gasteiger charge is 2.32. The number of nitrogens with zero attached hydrogens (tertiary/aromatic N) is 3. The number of pyridine rings is 2. The number of ether oxygens (including phenoxy) is 2. The first-order valence-corrected chi connectivity index (χ1v) is 10.9. The monoisotopic (exact) mass is 463 g/mol. The van der Waals surface area contributed by atoms with Crippen molar-refractivity contribution < 1.29 is 19.1 Å². The van der Waals surface area contributed by atoms with Gasteiger partial charge in [-0.25, -0.2) is 14.6 Å². The summed E-state index contributed by atoms with van der Waals surface area (Å²) in [6.45, 7) is 9.99. The summed E-state index contributed by atoms with van der Waals surface area (Å²) in [6, 6.07) is 3.38. The van der Waals surface area contributed by atoms with Gasteiger partial charge < -0.3 is 25.4 Å². The lowest BCUT2D eigenvalue weighted by molar-refractivity contribution is 0.0271. The second-order valence-corrected chi connectivity index (χ2v) is 10.00. The van der Waals surface area contributed by atoms with Crippen LogP contribution in [0.2, 0.25) is 5.15 Å². The molecule has 0 spiro atoms. The number of amides is 2. The molecule has 10 heteroatoms. The second-order valence-electron chi connectivity index (χ2n) is 9.61. The molecule has 1 saturated heterocycles. The van der Waals surface area contributed by atoms with Gasteiger partial charge in [0, 0.05) is 36.8 Å². The molecule has 174 valence electrons. The molecule has 0 aromatic carbocycles. The van der Waals surface area contributed by atoms with Gasteiger partial charge in [-0.2, -0.15) is 0 Å². The number of aromatic nitrogens is 2. The Morgan fingerprint density at radius 3 is 2.66 bits per heavy atom. The van der Waals surface area contributed by atoms with Gasteiger partial charge in [0.2, 0.25) is 0 Å². The molecule has 0 bridgehead atoms. The lowest BCUT2D eigenvalue weighted by Crippen LogP contribution is -2.43. The van der Waals surface area contributed by atoms with Crippen LogP contribution in [0.4, 0.5) is 15.4 Å². The van der Waals surface area contributed by atoms with Crippen LogP contribution < -0.4 is 11.1 Å². The quantitative estimate of drug-likeness (QED) is 0.659. The van der Waals surface area contributed by atoms with E-state index in [1.54, 1.807) is 17.2 Å². The Balaban J connectivity index is 1.56. The van der Waals surface area contributed by atoms with Gasteiger partial charge in [-0.05, 0) is 58.6 Å². The van der Waals surface area contributed by atoms with E-state index in [9.17, 15) is 9.59 Å². The summed E-state index contributed by atoms with van der Waals surface area (Å²) in [7, 11) is 0. The highest BCUT2D eigenvalue weighted by molar-refractivity contribution is 6.30. The number of nitrogen functional groups attached to an aromatic ring is 1. The summed E-state index contributed by atoms with van der Waals surface area (Å²) >= 11 is 6.00. The Kier molecular flexibility index (Phi) is 6.69. The van der Waals surface area contributed by atoms with E-state index in [0.717, 1.165) is 11.1 Å². The maximum atomic E-state index is 12.5. The average Bonchev–Trinajstić information content (AvgIpc) is 3.07. The molecule has 0 saturated carbocycles. The molecule has 1 atom stereocenters. The Morgan fingerprint density at radius 1 is 1.25 bits per heavy atom. The Morgan fingerprint density at radius 2 is 1.97 bits per heavy atom. The number of rotatable bonds is 4. The van der Waals surface area contributed by atoms with Crippen molar-refractivity contribution in [3.63, 3.8) is 0 Å². The smallest absolute Gasteiger partial charge is 0.410 e. The van der Waals surface area contributed by atoms with E-state index in [1.165, 1.54) is 0 Å². The SMILES string of the molecule is CC(C)(C)OC(=O)N1CCC(NC(=O)OC(C)(C)Cc2cc3cc(Cl)nc(N)c3cn2)C1. The van der Waals surface area contributed by atoms with Crippen molar-refractivity contribution >= 4 is 40.4 Å². The highest BCUT2D eigenvalue weighted by atomic mass is 35.5. The largest absolute Gasteiger partial charge is 0.444 e. The molecule has 2 aromatic rings. The minimum absolute atomic E-state index is 0.192. The fourth-order valence-corrected chi connectivity index (χ4v) is 3.78. The lowest BCUT2D eigenvalue weighted by Gasteiger charge is -2.26. The van der Waals surface area contributed by atoms with Crippen LogP contribution in [0.25, 0.3) is 10.8 Å². The van der Waals surface area contributed by atoms with Gasteiger partial charge in [0.15, 0.2) is 0 Å². The third-order valence-corrected chi connectivity index (χ3v) is 5.10. The minimum atomic E-state index is -0.809. The van der Waals surface area contributed by atoms with Gasteiger partial charge in [-0.1, -0.05) is 11.6 Å². The second kappa shape index (κ2) is 8.97. The van der Waals surface area contributed by atoms with Crippen LogP contribution in [0, 0.1) is 0 Å². The minimum Gasteiger partial charge on any atom is -0.444 e. The molecule has 0 aliphatic carbocycles. The summed E-state index contributed by atoms with van der Waals surface area (Å²) in [5.41, 5.74) is 5.25. The number of hydrogen-bond donors (Lipinski definition) is 2. The van der Waals surface area contributed by atoms with Crippen molar-refractivity contribution in [2.45, 2.75) is 64.7 Å². The number of nitrogens with two attached hydrogens (primary N) is 1. The number of nitrogens with one attached hydrogen (secondary N) is 1. The van der Waals surface area contributed by atoms with Gasteiger partial charge in [0.25, 0.3) is 0 Å². The van der Waals surface area contributed by atoms with Crippen molar-refractivity contribution in [3.8, 4) is 0 Å². The third-order valence-electron chi connectivity index (χ3n) is 4.91. The normalized spacial score (nSPS) is 16.8. The zero-order valence-electron chi connectivity index (χ0n) is 19.1. The predicted octanol–water partition coefficient (Wildman–Crippen LogP) is 3.92. The fraction of sp³-hybridized carbons (Fsp3) is 0.545. The lowest BCUT2D eigenvalue weighted by atomic mass is 10.0. The van der Waals surface area contributed by atoms with Gasteiger partial charge in [-0.3, -0.25) is 4.98 Å². The molecule has 32 heavy (non-hydrogen) atoms. The topological polar surface area (TPSA) is 120 Å². The first-order chi connectivity index (χ1) is 14.8. The molecule has 1 aliphatic rings. The molecule has 1 aliphatic heterocycles. The van der Waals surface area contributed by atoms with Crippen molar-refractivity contribution in [3.05, 3.63) is 29.2 Å². The number of halogens is 1. The fourth-order valence-electron chi connectivity index (χ4n) is 3.57. The zero-order valence-corrected chi connectivity index (χ0v) is 19.8. The summed E-state index contributed by atoms with van der Waals surface area (Å²) < 4.78 is 11.0.